The molecule has 0 aliphatic carbocycles. The molecule has 0 saturated carbocycles. The lowest BCUT2D eigenvalue weighted by Crippen LogP contribution is -2.48. The van der Waals surface area contributed by atoms with E-state index >= 15 is 0 Å². The third kappa shape index (κ3) is 2.08. The van der Waals surface area contributed by atoms with Crippen molar-refractivity contribution in [2.75, 3.05) is 6.54 Å². The Balaban J connectivity index is 2.43. The molecule has 2 rings (SSSR count). The van der Waals surface area contributed by atoms with Gasteiger partial charge in [-0.25, -0.2) is 8.42 Å². The van der Waals surface area contributed by atoms with Crippen molar-refractivity contribution in [2.45, 2.75) is 44.0 Å². The zero-order chi connectivity index (χ0) is 13.4. The lowest BCUT2D eigenvalue weighted by Gasteiger charge is -2.37. The SMILES string of the molecule is CC(C)C1(C)CCCN1S(=O)(=O)c1ccccc1. The number of nitrogens with zero attached hydrogens (tertiary/aromatic N) is 1. The summed E-state index contributed by atoms with van der Waals surface area (Å²) in [6.07, 6.45) is 1.89. The molecule has 0 bridgehead atoms. The van der Waals surface area contributed by atoms with Crippen molar-refractivity contribution in [3.05, 3.63) is 30.3 Å². The van der Waals surface area contributed by atoms with Crippen LogP contribution in [-0.2, 0) is 10.0 Å². The van der Waals surface area contributed by atoms with Gasteiger partial charge in [-0.3, -0.25) is 0 Å². The number of hydrogen-bond acceptors (Lipinski definition) is 2. The Morgan fingerprint density at radius 2 is 1.83 bits per heavy atom. The molecule has 0 aromatic heterocycles. The Kier molecular flexibility index (Phi) is 3.52. The summed E-state index contributed by atoms with van der Waals surface area (Å²) in [5.74, 6) is 0.318. The van der Waals surface area contributed by atoms with E-state index in [1.807, 2.05) is 6.07 Å². The van der Waals surface area contributed by atoms with Gasteiger partial charge in [0.2, 0.25) is 10.0 Å². The summed E-state index contributed by atoms with van der Waals surface area (Å²) in [6.45, 7) is 6.88. The minimum atomic E-state index is -3.36. The van der Waals surface area contributed by atoms with Crippen LogP contribution in [0.25, 0.3) is 0 Å². The summed E-state index contributed by atoms with van der Waals surface area (Å²) in [7, 11) is -3.36. The van der Waals surface area contributed by atoms with Crippen LogP contribution >= 0.6 is 0 Å². The van der Waals surface area contributed by atoms with E-state index in [9.17, 15) is 8.42 Å². The molecule has 1 aromatic carbocycles. The highest BCUT2D eigenvalue weighted by Crippen LogP contribution is 2.39. The van der Waals surface area contributed by atoms with Gasteiger partial charge in [0.1, 0.15) is 0 Å². The zero-order valence-corrected chi connectivity index (χ0v) is 12.1. The van der Waals surface area contributed by atoms with E-state index in [4.69, 9.17) is 0 Å². The molecule has 0 amide bonds. The van der Waals surface area contributed by atoms with E-state index in [1.54, 1.807) is 28.6 Å². The molecular weight excluding hydrogens is 246 g/mol. The summed E-state index contributed by atoms with van der Waals surface area (Å²) in [5, 5.41) is 0. The zero-order valence-electron chi connectivity index (χ0n) is 11.3. The molecule has 0 spiro atoms. The molecule has 1 heterocycles. The van der Waals surface area contributed by atoms with Gasteiger partial charge in [0.25, 0.3) is 0 Å². The van der Waals surface area contributed by atoms with Gasteiger partial charge in [-0.05, 0) is 37.8 Å². The van der Waals surface area contributed by atoms with Crippen LogP contribution in [0.1, 0.15) is 33.6 Å². The minimum Gasteiger partial charge on any atom is -0.207 e. The highest BCUT2D eigenvalue weighted by Gasteiger charge is 2.45. The Morgan fingerprint density at radius 3 is 2.39 bits per heavy atom. The van der Waals surface area contributed by atoms with Crippen molar-refractivity contribution in [1.29, 1.82) is 0 Å². The predicted octanol–water partition coefficient (Wildman–Crippen LogP) is 2.89. The monoisotopic (exact) mass is 267 g/mol. The van der Waals surface area contributed by atoms with Gasteiger partial charge in [-0.1, -0.05) is 32.0 Å². The van der Waals surface area contributed by atoms with Crippen LogP contribution in [0.5, 0.6) is 0 Å². The van der Waals surface area contributed by atoms with E-state index < -0.39 is 10.0 Å². The number of benzene rings is 1. The largest absolute Gasteiger partial charge is 0.243 e. The van der Waals surface area contributed by atoms with Crippen LogP contribution in [0.3, 0.4) is 0 Å². The molecule has 1 aromatic rings. The topological polar surface area (TPSA) is 37.4 Å². The summed E-state index contributed by atoms with van der Waals surface area (Å²) >= 11 is 0. The van der Waals surface area contributed by atoms with Crippen LogP contribution < -0.4 is 0 Å². The van der Waals surface area contributed by atoms with Gasteiger partial charge in [-0.2, -0.15) is 4.31 Å². The fourth-order valence-corrected chi connectivity index (χ4v) is 4.63. The average molecular weight is 267 g/mol. The van der Waals surface area contributed by atoms with Gasteiger partial charge in [0.15, 0.2) is 0 Å². The average Bonchev–Trinajstić information content (AvgIpc) is 2.75. The van der Waals surface area contributed by atoms with Crippen molar-refractivity contribution >= 4 is 10.0 Å². The van der Waals surface area contributed by atoms with Crippen molar-refractivity contribution in [2.24, 2.45) is 5.92 Å². The van der Waals surface area contributed by atoms with Gasteiger partial charge < -0.3 is 0 Å². The molecular formula is C14H21NO2S. The lowest BCUT2D eigenvalue weighted by atomic mass is 9.87. The van der Waals surface area contributed by atoms with Crippen LogP contribution in [0.15, 0.2) is 35.2 Å². The molecule has 1 unspecified atom stereocenters. The second-order valence-corrected chi connectivity index (χ2v) is 7.37. The molecule has 1 aliphatic rings. The Morgan fingerprint density at radius 1 is 1.22 bits per heavy atom. The van der Waals surface area contributed by atoms with Crippen LogP contribution in [0, 0.1) is 5.92 Å². The minimum absolute atomic E-state index is 0.255. The van der Waals surface area contributed by atoms with Crippen LogP contribution in [-0.4, -0.2) is 24.8 Å². The molecule has 4 heteroatoms. The van der Waals surface area contributed by atoms with E-state index in [1.165, 1.54) is 0 Å². The fraction of sp³-hybridized carbons (Fsp3) is 0.571. The number of hydrogen-bond donors (Lipinski definition) is 0. The van der Waals surface area contributed by atoms with Crippen molar-refractivity contribution in [1.82, 2.24) is 4.31 Å². The first-order valence-electron chi connectivity index (χ1n) is 6.47. The molecule has 3 nitrogen and oxygen atoms in total. The molecule has 1 aliphatic heterocycles. The second kappa shape index (κ2) is 4.67. The highest BCUT2D eigenvalue weighted by molar-refractivity contribution is 7.89. The van der Waals surface area contributed by atoms with Crippen molar-refractivity contribution in [3.8, 4) is 0 Å². The second-order valence-electron chi connectivity index (χ2n) is 5.51. The molecule has 0 N–H and O–H groups in total. The Hall–Kier alpha value is -0.870. The molecule has 100 valence electrons. The predicted molar refractivity (Wildman–Crippen MR) is 72.8 cm³/mol. The number of rotatable bonds is 3. The van der Waals surface area contributed by atoms with Gasteiger partial charge >= 0.3 is 0 Å². The third-order valence-electron chi connectivity index (χ3n) is 4.19. The lowest BCUT2D eigenvalue weighted by molar-refractivity contribution is 0.192. The summed E-state index contributed by atoms with van der Waals surface area (Å²) in [6, 6.07) is 8.73. The maximum absolute atomic E-state index is 12.7. The molecule has 1 saturated heterocycles. The Bertz CT molecular complexity index is 510. The van der Waals surface area contributed by atoms with Crippen molar-refractivity contribution < 1.29 is 8.42 Å². The van der Waals surface area contributed by atoms with Crippen molar-refractivity contribution in [3.63, 3.8) is 0 Å². The molecule has 18 heavy (non-hydrogen) atoms. The van der Waals surface area contributed by atoms with Gasteiger partial charge in [0.05, 0.1) is 4.90 Å². The van der Waals surface area contributed by atoms with E-state index in [-0.39, 0.29) is 5.54 Å². The fourth-order valence-electron chi connectivity index (χ4n) is 2.65. The summed E-state index contributed by atoms with van der Waals surface area (Å²) < 4.78 is 27.1. The number of sulfonamides is 1. The summed E-state index contributed by atoms with van der Waals surface area (Å²) in [5.41, 5.74) is -0.255. The van der Waals surface area contributed by atoms with Gasteiger partial charge in [0, 0.05) is 12.1 Å². The Labute approximate surface area is 110 Å². The first-order valence-corrected chi connectivity index (χ1v) is 7.91. The first-order chi connectivity index (χ1) is 8.39. The van der Waals surface area contributed by atoms with Crippen LogP contribution in [0.2, 0.25) is 0 Å². The quantitative estimate of drug-likeness (QED) is 0.844. The first kappa shape index (κ1) is 13.6. The standard InChI is InChI=1S/C14H21NO2S/c1-12(2)14(3)10-7-11-15(14)18(16,17)13-8-5-4-6-9-13/h4-6,8-9,12H,7,10-11H2,1-3H3. The maximum Gasteiger partial charge on any atom is 0.243 e. The normalized spacial score (nSPS) is 25.8. The third-order valence-corrected chi connectivity index (χ3v) is 6.24. The maximum atomic E-state index is 12.7. The molecule has 1 atom stereocenters. The van der Waals surface area contributed by atoms with Gasteiger partial charge in [-0.15, -0.1) is 0 Å². The van der Waals surface area contributed by atoms with E-state index in [2.05, 4.69) is 20.8 Å². The van der Waals surface area contributed by atoms with Crippen LogP contribution in [0.4, 0.5) is 0 Å². The summed E-state index contributed by atoms with van der Waals surface area (Å²) in [4.78, 5) is 0.402. The van der Waals surface area contributed by atoms with E-state index in [0.29, 0.717) is 17.4 Å². The van der Waals surface area contributed by atoms with E-state index in [0.717, 1.165) is 12.8 Å². The molecule has 1 fully saturated rings. The molecule has 0 radical (unpaired) electrons. The smallest absolute Gasteiger partial charge is 0.207 e. The highest BCUT2D eigenvalue weighted by atomic mass is 32.2.